The summed E-state index contributed by atoms with van der Waals surface area (Å²) in [4.78, 5) is 23.9. The second kappa shape index (κ2) is 8.51. The fraction of sp³-hybridized carbons (Fsp3) is 0.200. The van der Waals surface area contributed by atoms with Crippen LogP contribution in [-0.2, 0) is 4.79 Å². The van der Waals surface area contributed by atoms with Gasteiger partial charge in [0.2, 0.25) is 6.10 Å². The van der Waals surface area contributed by atoms with E-state index >= 15 is 0 Å². The molecule has 1 atom stereocenters. The molecular formula is C20H19FN4O4. The normalized spacial score (nSPS) is 11.7. The van der Waals surface area contributed by atoms with Crippen LogP contribution in [-0.4, -0.2) is 44.6 Å². The van der Waals surface area contributed by atoms with E-state index in [4.69, 9.17) is 4.74 Å². The Balaban J connectivity index is 1.68. The molecule has 3 rings (SSSR count). The summed E-state index contributed by atoms with van der Waals surface area (Å²) in [6.45, 7) is 3.35. The first kappa shape index (κ1) is 20.0. The molecule has 2 aromatic carbocycles. The van der Waals surface area contributed by atoms with E-state index in [1.54, 1.807) is 6.92 Å². The van der Waals surface area contributed by atoms with Crippen LogP contribution in [0.2, 0.25) is 0 Å². The molecule has 0 saturated carbocycles. The van der Waals surface area contributed by atoms with Gasteiger partial charge in [0.15, 0.2) is 5.69 Å². The van der Waals surface area contributed by atoms with Crippen LogP contribution in [0.15, 0.2) is 48.5 Å². The molecule has 1 amide bonds. The van der Waals surface area contributed by atoms with E-state index in [0.29, 0.717) is 5.69 Å². The van der Waals surface area contributed by atoms with Crippen molar-refractivity contribution >= 4 is 11.9 Å². The molecule has 3 aromatic rings. The van der Waals surface area contributed by atoms with E-state index in [1.165, 1.54) is 16.8 Å². The summed E-state index contributed by atoms with van der Waals surface area (Å²) < 4.78 is 19.8. The number of carbonyl (C=O) groups is 2. The van der Waals surface area contributed by atoms with Gasteiger partial charge < -0.3 is 15.2 Å². The Kier molecular flexibility index (Phi) is 5.87. The lowest BCUT2D eigenvalue weighted by molar-refractivity contribution is -0.144. The SMILES string of the molecule is Cc1ccc(-n2nnc(C(=O)NCC(Oc3ccc(F)cc3)C(=O)O)c2C)cc1. The predicted molar refractivity (Wildman–Crippen MR) is 102 cm³/mol. The third-order valence-electron chi connectivity index (χ3n) is 4.20. The van der Waals surface area contributed by atoms with Crippen molar-refractivity contribution < 1.29 is 23.8 Å². The molecule has 29 heavy (non-hydrogen) atoms. The highest BCUT2D eigenvalue weighted by Crippen LogP contribution is 2.14. The third kappa shape index (κ3) is 4.75. The van der Waals surface area contributed by atoms with Crippen molar-refractivity contribution in [1.29, 1.82) is 0 Å². The van der Waals surface area contributed by atoms with Gasteiger partial charge in [0, 0.05) is 0 Å². The lowest BCUT2D eigenvalue weighted by atomic mass is 10.2. The van der Waals surface area contributed by atoms with Gasteiger partial charge >= 0.3 is 5.97 Å². The van der Waals surface area contributed by atoms with Gasteiger partial charge in [-0.25, -0.2) is 13.9 Å². The molecule has 1 heterocycles. The zero-order chi connectivity index (χ0) is 21.0. The Morgan fingerprint density at radius 2 is 1.79 bits per heavy atom. The standard InChI is InChI=1S/C20H19FN4O4/c1-12-3-7-15(8-4-12)25-13(2)18(23-24-25)19(26)22-11-17(20(27)28)29-16-9-5-14(21)6-10-16/h3-10,17H,11H2,1-2H3,(H,22,26)(H,27,28). The van der Waals surface area contributed by atoms with Crippen molar-refractivity contribution in [1.82, 2.24) is 20.3 Å². The fourth-order valence-electron chi connectivity index (χ4n) is 2.60. The number of carboxylic acid groups (broad SMARTS) is 1. The Hall–Kier alpha value is -3.75. The fourth-order valence-corrected chi connectivity index (χ4v) is 2.60. The summed E-state index contributed by atoms with van der Waals surface area (Å²) in [6, 6.07) is 12.5. The van der Waals surface area contributed by atoms with Gasteiger partial charge in [-0.05, 0) is 50.2 Å². The van der Waals surface area contributed by atoms with E-state index < -0.39 is 23.8 Å². The first-order valence-corrected chi connectivity index (χ1v) is 8.77. The number of carboxylic acids is 1. The molecule has 1 aromatic heterocycles. The summed E-state index contributed by atoms with van der Waals surface area (Å²) in [7, 11) is 0. The van der Waals surface area contributed by atoms with Crippen molar-refractivity contribution in [3.05, 3.63) is 71.3 Å². The summed E-state index contributed by atoms with van der Waals surface area (Å²) in [6.07, 6.45) is -1.35. The molecular weight excluding hydrogens is 379 g/mol. The molecule has 150 valence electrons. The van der Waals surface area contributed by atoms with Gasteiger partial charge in [0.25, 0.3) is 5.91 Å². The molecule has 0 bridgehead atoms. The van der Waals surface area contributed by atoms with E-state index in [9.17, 15) is 19.1 Å². The topological polar surface area (TPSA) is 106 Å². The number of aryl methyl sites for hydroxylation is 1. The van der Waals surface area contributed by atoms with E-state index in [2.05, 4.69) is 15.6 Å². The van der Waals surface area contributed by atoms with Crippen molar-refractivity contribution in [3.63, 3.8) is 0 Å². The summed E-state index contributed by atoms with van der Waals surface area (Å²) >= 11 is 0. The van der Waals surface area contributed by atoms with Crippen molar-refractivity contribution in [2.75, 3.05) is 6.54 Å². The van der Waals surface area contributed by atoms with Crippen LogP contribution in [0.1, 0.15) is 21.7 Å². The van der Waals surface area contributed by atoms with Crippen LogP contribution in [0, 0.1) is 19.7 Å². The Morgan fingerprint density at radius 3 is 2.41 bits per heavy atom. The predicted octanol–water partition coefficient (Wildman–Crippen LogP) is 2.29. The van der Waals surface area contributed by atoms with E-state index in [1.807, 2.05) is 31.2 Å². The number of nitrogens with zero attached hydrogens (tertiary/aromatic N) is 3. The number of rotatable bonds is 7. The smallest absolute Gasteiger partial charge is 0.346 e. The molecule has 0 aliphatic heterocycles. The maximum absolute atomic E-state index is 13.0. The quantitative estimate of drug-likeness (QED) is 0.633. The monoisotopic (exact) mass is 398 g/mol. The van der Waals surface area contributed by atoms with Gasteiger partial charge in [0.05, 0.1) is 17.9 Å². The zero-order valence-electron chi connectivity index (χ0n) is 15.8. The van der Waals surface area contributed by atoms with Gasteiger partial charge in [0.1, 0.15) is 11.6 Å². The molecule has 0 spiro atoms. The lowest BCUT2D eigenvalue weighted by Gasteiger charge is -2.15. The zero-order valence-corrected chi connectivity index (χ0v) is 15.8. The minimum atomic E-state index is -1.35. The largest absolute Gasteiger partial charge is 0.478 e. The molecule has 8 nitrogen and oxygen atoms in total. The number of hydrogen-bond acceptors (Lipinski definition) is 5. The molecule has 1 unspecified atom stereocenters. The number of aromatic nitrogens is 3. The van der Waals surface area contributed by atoms with Crippen molar-refractivity contribution in [2.24, 2.45) is 0 Å². The average Bonchev–Trinajstić information content (AvgIpc) is 3.08. The average molecular weight is 398 g/mol. The van der Waals surface area contributed by atoms with E-state index in [-0.39, 0.29) is 18.0 Å². The van der Waals surface area contributed by atoms with Gasteiger partial charge in [-0.15, -0.1) is 5.10 Å². The number of nitrogens with one attached hydrogen (secondary N) is 1. The molecule has 0 aliphatic rings. The summed E-state index contributed by atoms with van der Waals surface area (Å²) in [5, 5.41) is 19.7. The molecule has 0 radical (unpaired) electrons. The molecule has 0 aliphatic carbocycles. The van der Waals surface area contributed by atoms with Crippen LogP contribution in [0.4, 0.5) is 4.39 Å². The summed E-state index contributed by atoms with van der Waals surface area (Å²) in [5.74, 6) is -2.14. The van der Waals surface area contributed by atoms with Crippen molar-refractivity contribution in [3.8, 4) is 11.4 Å². The van der Waals surface area contributed by atoms with Crippen LogP contribution in [0.3, 0.4) is 0 Å². The highest BCUT2D eigenvalue weighted by molar-refractivity contribution is 5.93. The van der Waals surface area contributed by atoms with Crippen molar-refractivity contribution in [2.45, 2.75) is 20.0 Å². The minimum Gasteiger partial charge on any atom is -0.478 e. The van der Waals surface area contributed by atoms with Crippen LogP contribution in [0.5, 0.6) is 5.75 Å². The van der Waals surface area contributed by atoms with Gasteiger partial charge in [-0.2, -0.15) is 0 Å². The first-order chi connectivity index (χ1) is 13.8. The number of aliphatic carboxylic acids is 1. The number of halogens is 1. The Morgan fingerprint density at radius 1 is 1.14 bits per heavy atom. The maximum Gasteiger partial charge on any atom is 0.346 e. The molecule has 0 fully saturated rings. The number of amides is 1. The second-order valence-electron chi connectivity index (χ2n) is 6.38. The van der Waals surface area contributed by atoms with Gasteiger partial charge in [-0.1, -0.05) is 22.9 Å². The van der Waals surface area contributed by atoms with Gasteiger partial charge in [-0.3, -0.25) is 4.79 Å². The molecule has 9 heteroatoms. The number of benzene rings is 2. The first-order valence-electron chi connectivity index (χ1n) is 8.77. The lowest BCUT2D eigenvalue weighted by Crippen LogP contribution is -2.40. The third-order valence-corrected chi connectivity index (χ3v) is 4.20. The Bertz CT molecular complexity index is 1020. The highest BCUT2D eigenvalue weighted by atomic mass is 19.1. The number of hydrogen-bond donors (Lipinski definition) is 2. The molecule has 0 saturated heterocycles. The Labute approximate surface area is 165 Å². The van der Waals surface area contributed by atoms with E-state index in [0.717, 1.165) is 23.4 Å². The van der Waals surface area contributed by atoms with Crippen LogP contribution in [0.25, 0.3) is 5.69 Å². The van der Waals surface area contributed by atoms with Crippen LogP contribution < -0.4 is 10.1 Å². The summed E-state index contributed by atoms with van der Waals surface area (Å²) in [5.41, 5.74) is 2.43. The molecule has 2 N–H and O–H groups in total. The second-order valence-corrected chi connectivity index (χ2v) is 6.38. The van der Waals surface area contributed by atoms with Crippen LogP contribution >= 0.6 is 0 Å². The number of ether oxygens (including phenoxy) is 1. The minimum absolute atomic E-state index is 0.0801. The highest BCUT2D eigenvalue weighted by Gasteiger charge is 2.23. The number of carbonyl (C=O) groups excluding carboxylic acids is 1. The maximum atomic E-state index is 13.0.